The number of nitrogens with one attached hydrogen (secondary N) is 1. The highest BCUT2D eigenvalue weighted by atomic mass is 32.1. The van der Waals surface area contributed by atoms with Gasteiger partial charge >= 0.3 is 0 Å². The van der Waals surface area contributed by atoms with Gasteiger partial charge in [0.15, 0.2) is 0 Å². The zero-order valence-electron chi connectivity index (χ0n) is 9.94. The van der Waals surface area contributed by atoms with Crippen molar-refractivity contribution in [3.8, 4) is 0 Å². The fraction of sp³-hybridized carbons (Fsp3) is 0.364. The smallest absolute Gasteiger partial charge is 0.262 e. The highest BCUT2D eigenvalue weighted by molar-refractivity contribution is 7.16. The Labute approximate surface area is 112 Å². The minimum atomic E-state index is -0.721. The molecule has 2 rings (SSSR count). The van der Waals surface area contributed by atoms with E-state index in [1.807, 2.05) is 0 Å². The Hall–Kier alpha value is -1.77. The van der Waals surface area contributed by atoms with Gasteiger partial charge in [-0.25, -0.2) is 4.98 Å². The van der Waals surface area contributed by atoms with E-state index in [1.165, 1.54) is 22.2 Å². The van der Waals surface area contributed by atoms with Crippen molar-refractivity contribution >= 4 is 27.5 Å². The lowest BCUT2D eigenvalue weighted by Crippen LogP contribution is -2.42. The molecule has 0 atom stereocenters. The SMILES string of the molecule is O=C(Cn1cnc2sccc2c1=O)NC(CO)CO. The number of hydrogen-bond acceptors (Lipinski definition) is 6. The van der Waals surface area contributed by atoms with Gasteiger partial charge < -0.3 is 15.5 Å². The first-order valence-corrected chi connectivity index (χ1v) is 6.47. The highest BCUT2D eigenvalue weighted by Crippen LogP contribution is 2.12. The molecule has 0 aliphatic rings. The zero-order chi connectivity index (χ0) is 13.8. The molecule has 3 N–H and O–H groups in total. The summed E-state index contributed by atoms with van der Waals surface area (Å²) >= 11 is 1.36. The molecule has 0 aliphatic heterocycles. The van der Waals surface area contributed by atoms with Crippen LogP contribution in [0.4, 0.5) is 0 Å². The highest BCUT2D eigenvalue weighted by Gasteiger charge is 2.12. The van der Waals surface area contributed by atoms with Crippen LogP contribution in [0.2, 0.25) is 0 Å². The van der Waals surface area contributed by atoms with Crippen molar-refractivity contribution in [3.63, 3.8) is 0 Å². The maximum Gasteiger partial charge on any atom is 0.262 e. The molecule has 2 aromatic rings. The number of thiophene rings is 1. The summed E-state index contributed by atoms with van der Waals surface area (Å²) in [6.07, 6.45) is 1.31. The third kappa shape index (κ3) is 2.98. The van der Waals surface area contributed by atoms with E-state index < -0.39 is 11.9 Å². The molecule has 102 valence electrons. The third-order valence-corrected chi connectivity index (χ3v) is 3.39. The molecule has 19 heavy (non-hydrogen) atoms. The maximum absolute atomic E-state index is 12.0. The molecule has 0 spiro atoms. The first-order chi connectivity index (χ1) is 9.15. The van der Waals surface area contributed by atoms with E-state index in [-0.39, 0.29) is 25.3 Å². The van der Waals surface area contributed by atoms with Gasteiger partial charge in [0.2, 0.25) is 5.91 Å². The van der Waals surface area contributed by atoms with Gasteiger partial charge in [0.05, 0.1) is 31.0 Å². The Morgan fingerprint density at radius 2 is 2.21 bits per heavy atom. The summed E-state index contributed by atoms with van der Waals surface area (Å²) in [7, 11) is 0. The summed E-state index contributed by atoms with van der Waals surface area (Å²) < 4.78 is 1.19. The van der Waals surface area contributed by atoms with Crippen LogP contribution in [0.3, 0.4) is 0 Å². The molecule has 2 aromatic heterocycles. The molecule has 0 saturated heterocycles. The summed E-state index contributed by atoms with van der Waals surface area (Å²) in [6.45, 7) is -0.925. The first-order valence-electron chi connectivity index (χ1n) is 5.59. The lowest BCUT2D eigenvalue weighted by atomic mass is 10.3. The maximum atomic E-state index is 12.0. The van der Waals surface area contributed by atoms with E-state index in [9.17, 15) is 9.59 Å². The van der Waals surface area contributed by atoms with E-state index in [1.54, 1.807) is 11.4 Å². The Morgan fingerprint density at radius 3 is 2.89 bits per heavy atom. The fourth-order valence-corrected chi connectivity index (χ4v) is 2.31. The van der Waals surface area contributed by atoms with Crippen LogP contribution >= 0.6 is 11.3 Å². The minimum Gasteiger partial charge on any atom is -0.394 e. The zero-order valence-corrected chi connectivity index (χ0v) is 10.8. The van der Waals surface area contributed by atoms with Crippen LogP contribution in [0.5, 0.6) is 0 Å². The molecule has 7 nitrogen and oxygen atoms in total. The first kappa shape index (κ1) is 13.7. The summed E-state index contributed by atoms with van der Waals surface area (Å²) in [5.41, 5.74) is -0.286. The second-order valence-corrected chi connectivity index (χ2v) is 4.84. The lowest BCUT2D eigenvalue weighted by molar-refractivity contribution is -0.123. The molecule has 2 heterocycles. The van der Waals surface area contributed by atoms with Crippen molar-refractivity contribution in [1.82, 2.24) is 14.9 Å². The van der Waals surface area contributed by atoms with Crippen molar-refractivity contribution in [1.29, 1.82) is 0 Å². The Morgan fingerprint density at radius 1 is 1.47 bits per heavy atom. The number of fused-ring (bicyclic) bond motifs is 1. The third-order valence-electron chi connectivity index (χ3n) is 2.57. The average molecular weight is 283 g/mol. The standard InChI is InChI=1S/C11H13N3O4S/c15-4-7(5-16)13-9(17)3-14-6-12-10-8(11(14)18)1-2-19-10/h1-2,6-7,15-16H,3-5H2,(H,13,17). The van der Waals surface area contributed by atoms with Crippen LogP contribution in [-0.2, 0) is 11.3 Å². The van der Waals surface area contributed by atoms with Gasteiger partial charge in [-0.15, -0.1) is 11.3 Å². The topological polar surface area (TPSA) is 104 Å². The molecule has 0 aliphatic carbocycles. The average Bonchev–Trinajstić information content (AvgIpc) is 2.88. The largest absolute Gasteiger partial charge is 0.394 e. The van der Waals surface area contributed by atoms with Gasteiger partial charge in [-0.2, -0.15) is 0 Å². The Kier molecular flexibility index (Phi) is 4.25. The molecular weight excluding hydrogens is 270 g/mol. The fourth-order valence-electron chi connectivity index (χ4n) is 1.58. The van der Waals surface area contributed by atoms with E-state index in [4.69, 9.17) is 10.2 Å². The van der Waals surface area contributed by atoms with Crippen LogP contribution in [0.1, 0.15) is 0 Å². The Bertz CT molecular complexity index is 632. The predicted octanol–water partition coefficient (Wildman–Crippen LogP) is -1.07. The molecular formula is C11H13N3O4S. The van der Waals surface area contributed by atoms with Gasteiger partial charge in [0.25, 0.3) is 5.56 Å². The van der Waals surface area contributed by atoms with Gasteiger partial charge in [-0.1, -0.05) is 0 Å². The number of carbonyl (C=O) groups excluding carboxylic acids is 1. The van der Waals surface area contributed by atoms with E-state index in [0.29, 0.717) is 10.2 Å². The van der Waals surface area contributed by atoms with Crippen LogP contribution in [0.25, 0.3) is 10.2 Å². The number of amides is 1. The van der Waals surface area contributed by atoms with Crippen LogP contribution in [-0.4, -0.2) is 44.9 Å². The molecule has 1 amide bonds. The summed E-state index contributed by atoms with van der Waals surface area (Å²) in [5, 5.41) is 22.4. The number of aromatic nitrogens is 2. The Balaban J connectivity index is 2.15. The van der Waals surface area contributed by atoms with Gasteiger partial charge in [0, 0.05) is 0 Å². The molecule has 0 bridgehead atoms. The molecule has 0 saturated carbocycles. The minimum absolute atomic E-state index is 0.200. The van der Waals surface area contributed by atoms with E-state index in [2.05, 4.69) is 10.3 Å². The number of carbonyl (C=O) groups is 1. The number of aliphatic hydroxyl groups is 2. The second-order valence-electron chi connectivity index (χ2n) is 3.95. The van der Waals surface area contributed by atoms with E-state index in [0.717, 1.165) is 0 Å². The van der Waals surface area contributed by atoms with Gasteiger partial charge in [-0.05, 0) is 11.4 Å². The van der Waals surface area contributed by atoms with Crippen molar-refractivity contribution in [3.05, 3.63) is 28.1 Å². The number of rotatable bonds is 5. The summed E-state index contributed by atoms with van der Waals surface area (Å²) in [6, 6.07) is 0.939. The quantitative estimate of drug-likeness (QED) is 0.648. The van der Waals surface area contributed by atoms with E-state index >= 15 is 0 Å². The van der Waals surface area contributed by atoms with Gasteiger partial charge in [0.1, 0.15) is 11.4 Å². The summed E-state index contributed by atoms with van der Waals surface area (Å²) in [4.78, 5) is 28.4. The summed E-state index contributed by atoms with van der Waals surface area (Å²) in [5.74, 6) is -0.466. The number of hydrogen-bond donors (Lipinski definition) is 3. The monoisotopic (exact) mass is 283 g/mol. The molecule has 0 radical (unpaired) electrons. The van der Waals surface area contributed by atoms with Crippen LogP contribution in [0, 0.1) is 0 Å². The van der Waals surface area contributed by atoms with Crippen molar-refractivity contribution in [2.75, 3.05) is 13.2 Å². The molecule has 0 fully saturated rings. The second kappa shape index (κ2) is 5.91. The van der Waals surface area contributed by atoms with Crippen LogP contribution < -0.4 is 10.9 Å². The van der Waals surface area contributed by atoms with Crippen molar-refractivity contribution < 1.29 is 15.0 Å². The molecule has 0 aromatic carbocycles. The number of nitrogens with zero attached hydrogens (tertiary/aromatic N) is 2. The molecule has 8 heteroatoms. The normalized spacial score (nSPS) is 11.1. The molecule has 0 unspecified atom stereocenters. The van der Waals surface area contributed by atoms with Crippen molar-refractivity contribution in [2.45, 2.75) is 12.6 Å². The van der Waals surface area contributed by atoms with Crippen LogP contribution in [0.15, 0.2) is 22.6 Å². The number of aliphatic hydroxyl groups excluding tert-OH is 2. The lowest BCUT2D eigenvalue weighted by Gasteiger charge is -2.13. The van der Waals surface area contributed by atoms with Gasteiger partial charge in [-0.3, -0.25) is 14.2 Å². The predicted molar refractivity (Wildman–Crippen MR) is 70.0 cm³/mol. The van der Waals surface area contributed by atoms with Crippen molar-refractivity contribution in [2.24, 2.45) is 0 Å².